The van der Waals surface area contributed by atoms with Crippen molar-refractivity contribution in [3.8, 4) is 0 Å². The fourth-order valence-corrected chi connectivity index (χ4v) is 9.93. The second-order valence-corrected chi connectivity index (χ2v) is 23.5. The van der Waals surface area contributed by atoms with Crippen molar-refractivity contribution in [1.82, 2.24) is 5.32 Å². The number of nitrogens with zero attached hydrogens (tertiary/aromatic N) is 1. The van der Waals surface area contributed by atoms with Crippen LogP contribution in [0.25, 0.3) is 0 Å². The highest BCUT2D eigenvalue weighted by Gasteiger charge is 2.28. The number of amides is 1. The Labute approximate surface area is 430 Å². The van der Waals surface area contributed by atoms with Gasteiger partial charge in [0.15, 0.2) is 0 Å². The van der Waals surface area contributed by atoms with Crippen molar-refractivity contribution in [2.75, 3.05) is 40.9 Å². The van der Waals surface area contributed by atoms with E-state index in [9.17, 15) is 19.4 Å². The molecule has 0 aliphatic rings. The molecule has 0 aliphatic carbocycles. The summed E-state index contributed by atoms with van der Waals surface area (Å²) in [6.45, 7) is 4.93. The van der Waals surface area contributed by atoms with Crippen LogP contribution in [-0.2, 0) is 18.4 Å². The maximum absolute atomic E-state index is 13.0. The van der Waals surface area contributed by atoms with Crippen molar-refractivity contribution in [2.24, 2.45) is 0 Å². The van der Waals surface area contributed by atoms with E-state index in [0.29, 0.717) is 23.9 Å². The second kappa shape index (κ2) is 51.9. The summed E-state index contributed by atoms with van der Waals surface area (Å²) in [5.74, 6) is -0.147. The van der Waals surface area contributed by atoms with Crippen LogP contribution in [0.3, 0.4) is 0 Å². The number of aliphatic hydroxyl groups is 1. The molecule has 0 aromatic heterocycles. The molecule has 0 aromatic rings. The Balaban J connectivity index is 4.15. The number of phosphoric acid groups is 1. The van der Waals surface area contributed by atoms with Crippen molar-refractivity contribution in [3.63, 3.8) is 0 Å². The zero-order valence-electron chi connectivity index (χ0n) is 46.8. The zero-order chi connectivity index (χ0) is 50.6. The maximum Gasteiger partial charge on any atom is 0.472 e. The standard InChI is InChI=1S/C60H119N2O6P/c1-6-8-10-12-14-16-18-20-22-24-26-28-30-32-33-35-37-39-41-43-45-47-49-51-53-59(63)58(57-68-69(65,66)67-56-55-62(3,4)5)61-60(64)54-52-50-48-46-44-42-40-38-36-34-31-29-27-25-23-21-19-17-15-13-11-9-7-2/h27,29,34,36,58-59,63H,6-26,28,30-33,35,37-57H2,1-5H3,(H-,61,64,65,66)/p+1/b29-27-,36-34-. The first kappa shape index (κ1) is 68.0. The second-order valence-electron chi connectivity index (χ2n) is 22.1. The highest BCUT2D eigenvalue weighted by atomic mass is 31.2. The van der Waals surface area contributed by atoms with Gasteiger partial charge in [-0.15, -0.1) is 0 Å². The molecule has 0 heterocycles. The Morgan fingerprint density at radius 3 is 1.19 bits per heavy atom. The maximum atomic E-state index is 13.0. The molecule has 0 spiro atoms. The lowest BCUT2D eigenvalue weighted by atomic mass is 10.0. The molecule has 3 atom stereocenters. The zero-order valence-corrected chi connectivity index (χ0v) is 47.7. The van der Waals surface area contributed by atoms with E-state index in [1.54, 1.807) is 0 Å². The molecular weight excluding hydrogens is 876 g/mol. The van der Waals surface area contributed by atoms with Crippen LogP contribution in [0, 0.1) is 0 Å². The van der Waals surface area contributed by atoms with Crippen LogP contribution in [0.15, 0.2) is 24.3 Å². The largest absolute Gasteiger partial charge is 0.472 e. The molecule has 8 nitrogen and oxygen atoms in total. The van der Waals surface area contributed by atoms with E-state index >= 15 is 0 Å². The predicted octanol–water partition coefficient (Wildman–Crippen LogP) is 18.4. The smallest absolute Gasteiger partial charge is 0.391 e. The van der Waals surface area contributed by atoms with Crippen LogP contribution in [0.5, 0.6) is 0 Å². The van der Waals surface area contributed by atoms with Crippen LogP contribution in [0.1, 0.15) is 303 Å². The van der Waals surface area contributed by atoms with Gasteiger partial charge in [0, 0.05) is 6.42 Å². The molecule has 0 radical (unpaired) electrons. The van der Waals surface area contributed by atoms with Crippen molar-refractivity contribution in [2.45, 2.75) is 315 Å². The fourth-order valence-electron chi connectivity index (χ4n) is 9.20. The molecule has 0 saturated carbocycles. The number of rotatable bonds is 56. The van der Waals surface area contributed by atoms with Gasteiger partial charge in [-0.05, 0) is 44.9 Å². The van der Waals surface area contributed by atoms with Gasteiger partial charge in [-0.3, -0.25) is 13.8 Å². The van der Waals surface area contributed by atoms with E-state index < -0.39 is 20.0 Å². The first-order valence-electron chi connectivity index (χ1n) is 30.2. The molecule has 69 heavy (non-hydrogen) atoms. The molecule has 0 fully saturated rings. The van der Waals surface area contributed by atoms with Crippen molar-refractivity contribution < 1.29 is 32.9 Å². The Morgan fingerprint density at radius 2 is 0.826 bits per heavy atom. The van der Waals surface area contributed by atoms with Crippen LogP contribution in [-0.4, -0.2) is 73.4 Å². The summed E-state index contributed by atoms with van der Waals surface area (Å²) in [7, 11) is 1.62. The highest BCUT2D eigenvalue weighted by molar-refractivity contribution is 7.47. The Hall–Kier alpha value is -1.02. The lowest BCUT2D eigenvalue weighted by molar-refractivity contribution is -0.870. The number of allylic oxidation sites excluding steroid dienone is 4. The van der Waals surface area contributed by atoms with E-state index in [1.807, 2.05) is 21.1 Å². The molecule has 3 N–H and O–H groups in total. The van der Waals surface area contributed by atoms with Crippen molar-refractivity contribution in [3.05, 3.63) is 24.3 Å². The lowest BCUT2D eigenvalue weighted by Gasteiger charge is -2.26. The van der Waals surface area contributed by atoms with Gasteiger partial charge in [0.25, 0.3) is 0 Å². The average molecular weight is 997 g/mol. The highest BCUT2D eigenvalue weighted by Crippen LogP contribution is 2.43. The van der Waals surface area contributed by atoms with E-state index in [0.717, 1.165) is 51.4 Å². The van der Waals surface area contributed by atoms with Crippen LogP contribution < -0.4 is 5.32 Å². The quantitative estimate of drug-likeness (QED) is 0.0243. The van der Waals surface area contributed by atoms with E-state index in [4.69, 9.17) is 9.05 Å². The summed E-state index contributed by atoms with van der Waals surface area (Å²) in [6.07, 6.45) is 65.2. The van der Waals surface area contributed by atoms with Gasteiger partial charge in [0.05, 0.1) is 39.9 Å². The van der Waals surface area contributed by atoms with Gasteiger partial charge < -0.3 is 19.8 Å². The summed E-state index contributed by atoms with van der Waals surface area (Å²) < 4.78 is 23.8. The van der Waals surface area contributed by atoms with Gasteiger partial charge in [0.1, 0.15) is 13.2 Å². The molecule has 0 aliphatic heterocycles. The minimum atomic E-state index is -4.33. The number of unbranched alkanes of at least 4 members (excludes halogenated alkanes) is 39. The minimum absolute atomic E-state index is 0.0742. The summed E-state index contributed by atoms with van der Waals surface area (Å²) in [5, 5.41) is 14.1. The van der Waals surface area contributed by atoms with Gasteiger partial charge in [0.2, 0.25) is 5.91 Å². The number of nitrogens with one attached hydrogen (secondary N) is 1. The summed E-state index contributed by atoms with van der Waals surface area (Å²) in [5.41, 5.74) is 0. The molecule has 410 valence electrons. The van der Waals surface area contributed by atoms with E-state index in [1.165, 1.54) is 225 Å². The molecule has 3 unspecified atom stereocenters. The van der Waals surface area contributed by atoms with E-state index in [2.05, 4.69) is 43.5 Å². The van der Waals surface area contributed by atoms with Gasteiger partial charge in [-0.2, -0.15) is 0 Å². The molecule has 1 amide bonds. The molecular formula is C60H120N2O6P+. The SMILES string of the molecule is CCCCCCCCCCC/C=C\C/C=C\CCCCCCCCCC(=O)NC(COP(=O)(O)OCC[N+](C)(C)C)C(O)CCCCCCCCCCCCCCCCCCCCCCCCCC. The number of hydrogen-bond acceptors (Lipinski definition) is 5. The normalized spacial score (nSPS) is 14.0. The average Bonchev–Trinajstić information content (AvgIpc) is 3.31. The molecule has 0 saturated heterocycles. The first-order chi connectivity index (χ1) is 33.5. The third-order valence-corrected chi connectivity index (χ3v) is 14.9. The summed E-state index contributed by atoms with van der Waals surface area (Å²) >= 11 is 0. The third-order valence-electron chi connectivity index (χ3n) is 14.0. The van der Waals surface area contributed by atoms with Crippen LogP contribution in [0.2, 0.25) is 0 Å². The van der Waals surface area contributed by atoms with Gasteiger partial charge in [-0.1, -0.05) is 276 Å². The van der Waals surface area contributed by atoms with E-state index in [-0.39, 0.29) is 19.1 Å². The third kappa shape index (κ3) is 54.6. The number of likely N-dealkylation sites (N-methyl/N-ethyl adjacent to an activating group) is 1. The summed E-state index contributed by atoms with van der Waals surface area (Å²) in [4.78, 5) is 23.4. The number of aliphatic hydroxyl groups excluding tert-OH is 1. The van der Waals surface area contributed by atoms with Crippen LogP contribution in [0.4, 0.5) is 0 Å². The van der Waals surface area contributed by atoms with Crippen LogP contribution >= 0.6 is 7.82 Å². The number of carbonyl (C=O) groups is 1. The Bertz CT molecular complexity index is 1170. The monoisotopic (exact) mass is 996 g/mol. The Kier molecular flexibility index (Phi) is 51.1. The minimum Gasteiger partial charge on any atom is -0.391 e. The number of hydrogen-bond donors (Lipinski definition) is 3. The van der Waals surface area contributed by atoms with Gasteiger partial charge in [-0.25, -0.2) is 4.57 Å². The fraction of sp³-hybridized carbons (Fsp3) is 0.917. The van der Waals surface area contributed by atoms with Gasteiger partial charge >= 0.3 is 7.82 Å². The molecule has 0 aromatic carbocycles. The molecule has 0 bridgehead atoms. The lowest BCUT2D eigenvalue weighted by Crippen LogP contribution is -2.46. The molecule has 9 heteroatoms. The van der Waals surface area contributed by atoms with Crippen molar-refractivity contribution in [1.29, 1.82) is 0 Å². The number of phosphoric ester groups is 1. The summed E-state index contributed by atoms with van der Waals surface area (Å²) in [6, 6.07) is -0.765. The number of carbonyl (C=O) groups excluding carboxylic acids is 1. The number of quaternary nitrogens is 1. The molecule has 0 rings (SSSR count). The Morgan fingerprint density at radius 1 is 0.493 bits per heavy atom. The van der Waals surface area contributed by atoms with Crippen molar-refractivity contribution >= 4 is 13.7 Å². The first-order valence-corrected chi connectivity index (χ1v) is 31.7. The predicted molar refractivity (Wildman–Crippen MR) is 300 cm³/mol. The topological polar surface area (TPSA) is 105 Å².